The first kappa shape index (κ1) is 20.5. The molecule has 138 valence electrons. The molecule has 0 aliphatic rings. The number of aryl methyl sites for hydroxylation is 1. The van der Waals surface area contributed by atoms with Crippen molar-refractivity contribution in [3.63, 3.8) is 0 Å². The first-order valence-electron chi connectivity index (χ1n) is 6.76. The third kappa shape index (κ3) is 5.21. The Morgan fingerprint density at radius 2 is 2.08 bits per heavy atom. The van der Waals surface area contributed by atoms with Gasteiger partial charge in [-0.05, 0) is 24.8 Å². The fourth-order valence-electron chi connectivity index (χ4n) is 1.56. The number of allylic oxidation sites excluding steroid dienone is 1. The third-order valence-corrected chi connectivity index (χ3v) is 3.81. The molecule has 1 aromatic rings. The molecule has 25 heavy (non-hydrogen) atoms. The Balaban J connectivity index is 3.14. The first-order valence-corrected chi connectivity index (χ1v) is 7.64. The molecule has 0 amide bonds. The lowest BCUT2D eigenvalue weighted by Gasteiger charge is -2.09. The Bertz CT molecular complexity index is 710. The lowest BCUT2D eigenvalue weighted by molar-refractivity contribution is -0.141. The van der Waals surface area contributed by atoms with Crippen LogP contribution in [0.3, 0.4) is 0 Å². The van der Waals surface area contributed by atoms with Gasteiger partial charge in [-0.25, -0.2) is 9.59 Å². The zero-order chi connectivity index (χ0) is 19.2. The maximum Gasteiger partial charge on any atom is 0.449 e. The van der Waals surface area contributed by atoms with Gasteiger partial charge in [0.2, 0.25) is 5.76 Å². The molecule has 0 aliphatic carbocycles. The fourth-order valence-corrected chi connectivity index (χ4v) is 2.48. The van der Waals surface area contributed by atoms with Gasteiger partial charge in [0.1, 0.15) is 10.5 Å². The molecule has 0 saturated heterocycles. The van der Waals surface area contributed by atoms with Gasteiger partial charge in [-0.2, -0.15) is 18.3 Å². The van der Waals surface area contributed by atoms with Crippen LogP contribution in [-0.2, 0) is 14.3 Å². The number of thiophene rings is 1. The molecule has 0 fully saturated rings. The van der Waals surface area contributed by atoms with E-state index in [4.69, 9.17) is 0 Å². The molecule has 0 aliphatic heterocycles. The van der Waals surface area contributed by atoms with Gasteiger partial charge < -0.3 is 14.6 Å². The summed E-state index contributed by atoms with van der Waals surface area (Å²) in [4.78, 5) is 23.3. The van der Waals surface area contributed by atoms with Gasteiger partial charge in [0.25, 0.3) is 0 Å². The highest BCUT2D eigenvalue weighted by Gasteiger charge is 2.38. The molecule has 11 heteroatoms. The van der Waals surface area contributed by atoms with E-state index >= 15 is 0 Å². The highest BCUT2D eigenvalue weighted by molar-refractivity contribution is 7.12. The highest BCUT2D eigenvalue weighted by atomic mass is 32.1. The SMILES string of the molecule is CCOC(=O)C(/C=N/Nc1c(C)csc1C(=O)OC)=C(/O)C(F)(F)F. The van der Waals surface area contributed by atoms with Crippen LogP contribution in [-0.4, -0.2) is 43.2 Å². The molecule has 1 rings (SSSR count). The van der Waals surface area contributed by atoms with Gasteiger partial charge in [0.15, 0.2) is 0 Å². The maximum atomic E-state index is 12.6. The number of esters is 2. The van der Waals surface area contributed by atoms with Crippen LogP contribution < -0.4 is 5.43 Å². The number of carbonyl (C=O) groups is 2. The number of hydrogen-bond acceptors (Lipinski definition) is 8. The minimum Gasteiger partial charge on any atom is -0.504 e. The number of ether oxygens (including phenoxy) is 2. The number of halogens is 3. The van der Waals surface area contributed by atoms with E-state index in [0.717, 1.165) is 11.3 Å². The number of nitrogens with zero attached hydrogens (tertiary/aromatic N) is 1. The van der Waals surface area contributed by atoms with Crippen molar-refractivity contribution in [2.45, 2.75) is 20.0 Å². The highest BCUT2D eigenvalue weighted by Crippen LogP contribution is 2.29. The lowest BCUT2D eigenvalue weighted by atomic mass is 10.2. The summed E-state index contributed by atoms with van der Waals surface area (Å²) < 4.78 is 46.9. The van der Waals surface area contributed by atoms with E-state index in [1.807, 2.05) is 0 Å². The van der Waals surface area contributed by atoms with Gasteiger partial charge in [0, 0.05) is 0 Å². The number of aliphatic hydroxyl groups is 1. The smallest absolute Gasteiger partial charge is 0.449 e. The second kappa shape index (κ2) is 8.51. The van der Waals surface area contributed by atoms with E-state index < -0.39 is 29.4 Å². The summed E-state index contributed by atoms with van der Waals surface area (Å²) in [6.07, 6.45) is -4.68. The van der Waals surface area contributed by atoms with Crippen LogP contribution >= 0.6 is 11.3 Å². The number of methoxy groups -OCH3 is 1. The van der Waals surface area contributed by atoms with Gasteiger partial charge in [-0.1, -0.05) is 0 Å². The first-order chi connectivity index (χ1) is 11.6. The molecule has 0 spiro atoms. The molecule has 0 atom stereocenters. The van der Waals surface area contributed by atoms with Gasteiger partial charge in [-0.3, -0.25) is 5.43 Å². The Morgan fingerprint density at radius 3 is 2.60 bits per heavy atom. The Morgan fingerprint density at radius 1 is 1.44 bits per heavy atom. The molecule has 0 bridgehead atoms. The Kier molecular flexibility index (Phi) is 6.97. The van der Waals surface area contributed by atoms with Crippen LogP contribution in [0.2, 0.25) is 0 Å². The van der Waals surface area contributed by atoms with Crippen LogP contribution in [0.1, 0.15) is 22.2 Å². The third-order valence-electron chi connectivity index (χ3n) is 2.73. The number of hydrogen-bond donors (Lipinski definition) is 2. The second-order valence-corrected chi connectivity index (χ2v) is 5.34. The average Bonchev–Trinajstić information content (AvgIpc) is 2.90. The monoisotopic (exact) mass is 380 g/mol. The maximum absolute atomic E-state index is 12.6. The predicted molar refractivity (Wildman–Crippen MR) is 84.9 cm³/mol. The number of aliphatic hydroxyl groups excluding tert-OH is 1. The van der Waals surface area contributed by atoms with Gasteiger partial charge in [-0.15, -0.1) is 11.3 Å². The summed E-state index contributed by atoms with van der Waals surface area (Å²) >= 11 is 1.05. The number of nitrogens with one attached hydrogen (secondary N) is 1. The fraction of sp³-hybridized carbons (Fsp3) is 0.357. The van der Waals surface area contributed by atoms with E-state index in [0.29, 0.717) is 11.8 Å². The van der Waals surface area contributed by atoms with Crippen LogP contribution in [0.4, 0.5) is 18.9 Å². The van der Waals surface area contributed by atoms with Crippen LogP contribution in [0, 0.1) is 6.92 Å². The number of hydrazone groups is 1. The summed E-state index contributed by atoms with van der Waals surface area (Å²) in [5.41, 5.74) is 2.00. The number of carbonyl (C=O) groups excluding carboxylic acids is 2. The van der Waals surface area contributed by atoms with E-state index in [-0.39, 0.29) is 17.2 Å². The Hall–Kier alpha value is -2.56. The lowest BCUT2D eigenvalue weighted by Crippen LogP contribution is -2.20. The van der Waals surface area contributed by atoms with Crippen LogP contribution in [0.15, 0.2) is 21.8 Å². The van der Waals surface area contributed by atoms with Gasteiger partial charge >= 0.3 is 18.1 Å². The molecule has 7 nitrogen and oxygen atoms in total. The molecular formula is C14H15F3N2O5S. The largest absolute Gasteiger partial charge is 0.504 e. The predicted octanol–water partition coefficient (Wildman–Crippen LogP) is 3.18. The molecule has 1 heterocycles. The van der Waals surface area contributed by atoms with E-state index in [1.165, 1.54) is 14.0 Å². The van der Waals surface area contributed by atoms with Crippen molar-refractivity contribution in [1.82, 2.24) is 0 Å². The van der Waals surface area contributed by atoms with Crippen molar-refractivity contribution in [3.8, 4) is 0 Å². The van der Waals surface area contributed by atoms with Crippen molar-refractivity contribution < 1.29 is 37.3 Å². The molecule has 2 N–H and O–H groups in total. The zero-order valence-electron chi connectivity index (χ0n) is 13.4. The summed E-state index contributed by atoms with van der Waals surface area (Å²) in [5.74, 6) is -4.18. The molecule has 0 saturated carbocycles. The molecule has 0 aromatic carbocycles. The van der Waals surface area contributed by atoms with Crippen molar-refractivity contribution >= 4 is 35.2 Å². The number of rotatable bonds is 6. The number of anilines is 1. The van der Waals surface area contributed by atoms with Crippen LogP contribution in [0.25, 0.3) is 0 Å². The molecule has 0 radical (unpaired) electrons. The van der Waals surface area contributed by atoms with Crippen molar-refractivity contribution in [1.29, 1.82) is 0 Å². The minimum atomic E-state index is -5.15. The average molecular weight is 380 g/mol. The molecular weight excluding hydrogens is 365 g/mol. The van der Waals surface area contributed by atoms with E-state index in [9.17, 15) is 27.9 Å². The summed E-state index contributed by atoms with van der Waals surface area (Å²) in [6, 6.07) is 0. The second-order valence-electron chi connectivity index (χ2n) is 4.46. The zero-order valence-corrected chi connectivity index (χ0v) is 14.2. The standard InChI is InChI=1S/C14H15F3N2O5S/c1-4-24-12(21)8(11(20)14(15,16)17)5-18-19-9-7(2)6-25-10(9)13(22)23-3/h5-6,19-20H,4H2,1-3H3/b11-8+,18-5+. The summed E-state index contributed by atoms with van der Waals surface area (Å²) in [5, 5.41) is 14.3. The quantitative estimate of drug-likeness (QED) is 0.259. The van der Waals surface area contributed by atoms with Gasteiger partial charge in [0.05, 0.1) is 25.6 Å². The van der Waals surface area contributed by atoms with Crippen molar-refractivity contribution in [3.05, 3.63) is 27.2 Å². The van der Waals surface area contributed by atoms with Crippen molar-refractivity contribution in [2.24, 2.45) is 5.10 Å². The Labute approximate surface area is 144 Å². The summed E-state index contributed by atoms with van der Waals surface area (Å²) in [6.45, 7) is 2.84. The topological polar surface area (TPSA) is 97.2 Å². The summed E-state index contributed by atoms with van der Waals surface area (Å²) in [7, 11) is 1.17. The molecule has 0 unspecified atom stereocenters. The normalized spacial score (nSPS) is 12.7. The number of alkyl halides is 3. The minimum absolute atomic E-state index is 0.152. The van der Waals surface area contributed by atoms with E-state index in [1.54, 1.807) is 12.3 Å². The van der Waals surface area contributed by atoms with Crippen molar-refractivity contribution in [2.75, 3.05) is 19.1 Å². The van der Waals surface area contributed by atoms with Crippen LogP contribution in [0.5, 0.6) is 0 Å². The molecule has 1 aromatic heterocycles. The van der Waals surface area contributed by atoms with E-state index in [2.05, 4.69) is 20.0 Å².